The molecule has 21 heavy (non-hydrogen) atoms. The summed E-state index contributed by atoms with van der Waals surface area (Å²) < 4.78 is 0.626. The monoisotopic (exact) mass is 368 g/mol. The van der Waals surface area contributed by atoms with Crippen LogP contribution in [0.3, 0.4) is 0 Å². The molecule has 0 spiro atoms. The minimum absolute atomic E-state index is 0.164. The van der Waals surface area contributed by atoms with E-state index in [0.29, 0.717) is 15.7 Å². The van der Waals surface area contributed by atoms with Gasteiger partial charge in [0, 0.05) is 20.6 Å². The van der Waals surface area contributed by atoms with Gasteiger partial charge in [0.15, 0.2) is 0 Å². The summed E-state index contributed by atoms with van der Waals surface area (Å²) in [6.45, 7) is 0. The summed E-state index contributed by atoms with van der Waals surface area (Å²) in [5, 5.41) is 13.6. The number of halogens is 1. The second-order valence-electron chi connectivity index (χ2n) is 4.38. The lowest BCUT2D eigenvalue weighted by molar-refractivity contribution is -0.137. The number of benzene rings is 1. The largest absolute Gasteiger partial charge is 0.481 e. The third kappa shape index (κ3) is 4.05. The number of thiophene rings is 1. The van der Waals surface area contributed by atoms with Crippen molar-refractivity contribution < 1.29 is 14.7 Å². The molecule has 2 aromatic rings. The minimum Gasteiger partial charge on any atom is -0.481 e. The van der Waals surface area contributed by atoms with Crippen molar-refractivity contribution in [3.63, 3.8) is 0 Å². The van der Waals surface area contributed by atoms with Crippen LogP contribution >= 0.6 is 27.3 Å². The molecule has 0 saturated heterocycles. The Bertz CT molecular complexity index is 658. The van der Waals surface area contributed by atoms with E-state index >= 15 is 0 Å². The SMILES string of the molecule is Nc1ccc(C(=O)NC(CC(=O)O)c2cccs2)cc1Br. The summed E-state index contributed by atoms with van der Waals surface area (Å²) in [5.74, 6) is -1.30. The van der Waals surface area contributed by atoms with Crippen molar-refractivity contribution in [3.05, 3.63) is 50.6 Å². The maximum Gasteiger partial charge on any atom is 0.305 e. The molecule has 0 aliphatic rings. The number of carbonyl (C=O) groups is 2. The number of nitrogen functional groups attached to an aromatic ring is 1. The Morgan fingerprint density at radius 3 is 2.71 bits per heavy atom. The van der Waals surface area contributed by atoms with Crippen molar-refractivity contribution >= 4 is 44.8 Å². The Morgan fingerprint density at radius 2 is 2.14 bits per heavy atom. The second kappa shape index (κ2) is 6.73. The van der Waals surface area contributed by atoms with E-state index < -0.39 is 12.0 Å². The molecule has 110 valence electrons. The average molecular weight is 369 g/mol. The van der Waals surface area contributed by atoms with E-state index in [0.717, 1.165) is 4.88 Å². The number of carboxylic acids is 1. The zero-order valence-electron chi connectivity index (χ0n) is 10.9. The van der Waals surface area contributed by atoms with Gasteiger partial charge in [-0.3, -0.25) is 9.59 Å². The van der Waals surface area contributed by atoms with E-state index in [1.807, 2.05) is 11.4 Å². The maximum absolute atomic E-state index is 12.2. The number of hydrogen-bond acceptors (Lipinski definition) is 4. The van der Waals surface area contributed by atoms with Gasteiger partial charge in [-0.2, -0.15) is 0 Å². The Kier molecular flexibility index (Phi) is 4.98. The lowest BCUT2D eigenvalue weighted by Gasteiger charge is -2.16. The van der Waals surface area contributed by atoms with E-state index in [9.17, 15) is 9.59 Å². The molecule has 1 amide bonds. The highest BCUT2D eigenvalue weighted by Crippen LogP contribution is 2.24. The van der Waals surface area contributed by atoms with Crippen LogP contribution in [0.2, 0.25) is 0 Å². The molecule has 5 nitrogen and oxygen atoms in total. The summed E-state index contributed by atoms with van der Waals surface area (Å²) in [6.07, 6.45) is -0.164. The molecular formula is C14H13BrN2O3S. The number of anilines is 1. The summed E-state index contributed by atoms with van der Waals surface area (Å²) >= 11 is 4.67. The normalized spacial score (nSPS) is 11.9. The molecule has 4 N–H and O–H groups in total. The number of hydrogen-bond donors (Lipinski definition) is 3. The summed E-state index contributed by atoms with van der Waals surface area (Å²) in [7, 11) is 0. The predicted octanol–water partition coefficient (Wildman–Crippen LogP) is 3.04. The van der Waals surface area contributed by atoms with Crippen molar-refractivity contribution in [1.29, 1.82) is 0 Å². The molecule has 1 atom stereocenters. The van der Waals surface area contributed by atoms with E-state index in [4.69, 9.17) is 10.8 Å². The third-order valence-electron chi connectivity index (χ3n) is 2.83. The van der Waals surface area contributed by atoms with Crippen LogP contribution in [0.25, 0.3) is 0 Å². The van der Waals surface area contributed by atoms with Crippen LogP contribution in [0.1, 0.15) is 27.7 Å². The first-order valence-electron chi connectivity index (χ1n) is 6.08. The number of amides is 1. The number of nitrogens with one attached hydrogen (secondary N) is 1. The molecule has 7 heteroatoms. The molecule has 1 aromatic carbocycles. The lowest BCUT2D eigenvalue weighted by Crippen LogP contribution is -2.29. The highest BCUT2D eigenvalue weighted by atomic mass is 79.9. The number of aliphatic carboxylic acids is 1. The fraction of sp³-hybridized carbons (Fsp3) is 0.143. The van der Waals surface area contributed by atoms with Gasteiger partial charge >= 0.3 is 5.97 Å². The van der Waals surface area contributed by atoms with Gasteiger partial charge in [0.1, 0.15) is 0 Å². The minimum atomic E-state index is -0.966. The quantitative estimate of drug-likeness (QED) is 0.707. The molecule has 0 aliphatic heterocycles. The smallest absolute Gasteiger partial charge is 0.305 e. The van der Waals surface area contributed by atoms with E-state index in [1.165, 1.54) is 11.3 Å². The van der Waals surface area contributed by atoms with Gasteiger partial charge in [-0.1, -0.05) is 6.07 Å². The van der Waals surface area contributed by atoms with Crippen molar-refractivity contribution in [2.45, 2.75) is 12.5 Å². The first kappa shape index (κ1) is 15.5. The van der Waals surface area contributed by atoms with Crippen molar-refractivity contribution in [2.24, 2.45) is 0 Å². The number of nitrogens with two attached hydrogens (primary N) is 1. The van der Waals surface area contributed by atoms with E-state index in [2.05, 4.69) is 21.2 Å². The van der Waals surface area contributed by atoms with Crippen LogP contribution in [0, 0.1) is 0 Å². The molecule has 2 rings (SSSR count). The standard InChI is InChI=1S/C14H13BrN2O3S/c15-9-6-8(3-4-10(9)16)14(20)17-11(7-13(18)19)12-2-1-5-21-12/h1-6,11H,7,16H2,(H,17,20)(H,18,19). The molecule has 0 fully saturated rings. The zero-order chi connectivity index (χ0) is 15.4. The fourth-order valence-corrected chi connectivity index (χ4v) is 2.95. The molecule has 1 heterocycles. The highest BCUT2D eigenvalue weighted by molar-refractivity contribution is 9.10. The molecule has 1 aromatic heterocycles. The van der Waals surface area contributed by atoms with Crippen molar-refractivity contribution in [1.82, 2.24) is 5.32 Å². The van der Waals surface area contributed by atoms with Gasteiger partial charge < -0.3 is 16.2 Å². The third-order valence-corrected chi connectivity index (χ3v) is 4.51. The Balaban J connectivity index is 2.17. The summed E-state index contributed by atoms with van der Waals surface area (Å²) in [5.41, 5.74) is 6.63. The van der Waals surface area contributed by atoms with Gasteiger partial charge in [-0.15, -0.1) is 11.3 Å². The predicted molar refractivity (Wildman–Crippen MR) is 85.3 cm³/mol. The highest BCUT2D eigenvalue weighted by Gasteiger charge is 2.20. The first-order chi connectivity index (χ1) is 9.97. The van der Waals surface area contributed by atoms with Crippen LogP contribution in [0.15, 0.2) is 40.2 Å². The van der Waals surface area contributed by atoms with Crippen LogP contribution < -0.4 is 11.1 Å². The number of rotatable bonds is 5. The van der Waals surface area contributed by atoms with Gasteiger partial charge in [-0.05, 0) is 45.6 Å². The van der Waals surface area contributed by atoms with Crippen LogP contribution in [-0.4, -0.2) is 17.0 Å². The van der Waals surface area contributed by atoms with Gasteiger partial charge in [0.05, 0.1) is 12.5 Å². The summed E-state index contributed by atoms with van der Waals surface area (Å²) in [6, 6.07) is 7.90. The second-order valence-corrected chi connectivity index (χ2v) is 6.21. The van der Waals surface area contributed by atoms with Crippen molar-refractivity contribution in [3.8, 4) is 0 Å². The van der Waals surface area contributed by atoms with Crippen molar-refractivity contribution in [2.75, 3.05) is 5.73 Å². The number of carbonyl (C=O) groups excluding carboxylic acids is 1. The topological polar surface area (TPSA) is 92.4 Å². The summed E-state index contributed by atoms with van der Waals surface area (Å²) in [4.78, 5) is 24.0. The lowest BCUT2D eigenvalue weighted by atomic mass is 10.1. The van der Waals surface area contributed by atoms with Gasteiger partial charge in [0.2, 0.25) is 0 Å². The maximum atomic E-state index is 12.2. The molecule has 0 bridgehead atoms. The first-order valence-corrected chi connectivity index (χ1v) is 7.75. The van der Waals surface area contributed by atoms with E-state index in [-0.39, 0.29) is 12.3 Å². The van der Waals surface area contributed by atoms with Gasteiger partial charge in [-0.25, -0.2) is 0 Å². The van der Waals surface area contributed by atoms with Crippen LogP contribution in [0.5, 0.6) is 0 Å². The molecule has 1 unspecified atom stereocenters. The number of carboxylic acid groups (broad SMARTS) is 1. The molecular weight excluding hydrogens is 356 g/mol. The Morgan fingerprint density at radius 1 is 1.38 bits per heavy atom. The average Bonchev–Trinajstić information content (AvgIpc) is 2.94. The van der Waals surface area contributed by atoms with Crippen LogP contribution in [0.4, 0.5) is 5.69 Å². The fourth-order valence-electron chi connectivity index (χ4n) is 1.80. The Labute approximate surface area is 133 Å². The van der Waals surface area contributed by atoms with E-state index in [1.54, 1.807) is 24.3 Å². The molecule has 0 radical (unpaired) electrons. The molecule has 0 aliphatic carbocycles. The zero-order valence-corrected chi connectivity index (χ0v) is 13.3. The molecule has 0 saturated carbocycles. The van der Waals surface area contributed by atoms with Gasteiger partial charge in [0.25, 0.3) is 5.91 Å². The van der Waals surface area contributed by atoms with Crippen LogP contribution in [-0.2, 0) is 4.79 Å². The Hall–Kier alpha value is -1.86.